The van der Waals surface area contributed by atoms with Crippen molar-refractivity contribution in [2.24, 2.45) is 5.41 Å². The molecule has 0 aliphatic carbocycles. The summed E-state index contributed by atoms with van der Waals surface area (Å²) < 4.78 is 11.6. The lowest BCUT2D eigenvalue weighted by molar-refractivity contribution is -0.147. The molecule has 2 nitrogen and oxygen atoms in total. The molecular formula is C8H15FO2. The van der Waals surface area contributed by atoms with E-state index in [1.807, 2.05) is 0 Å². The van der Waals surface area contributed by atoms with Gasteiger partial charge in [0.2, 0.25) is 0 Å². The molecule has 0 radical (unpaired) electrons. The number of carboxylic acid groups (broad SMARTS) is 1. The maximum Gasteiger partial charge on any atom is 0.309 e. The topological polar surface area (TPSA) is 37.3 Å². The summed E-state index contributed by atoms with van der Waals surface area (Å²) in [4.78, 5) is 10.5. The number of carboxylic acids is 1. The minimum absolute atomic E-state index is 0.351. The van der Waals surface area contributed by atoms with E-state index in [1.54, 1.807) is 13.8 Å². The number of unbranched alkanes of at least 4 members (excludes halogenated alkanes) is 1. The molecule has 66 valence electrons. The molecule has 0 aromatic rings. The fraction of sp³-hybridized carbons (Fsp3) is 0.875. The third-order valence-electron chi connectivity index (χ3n) is 1.76. The summed E-state index contributed by atoms with van der Waals surface area (Å²) in [7, 11) is 0. The van der Waals surface area contributed by atoms with Crippen LogP contribution in [-0.4, -0.2) is 17.8 Å². The highest BCUT2D eigenvalue weighted by Crippen LogP contribution is 2.22. The minimum atomic E-state index is -0.809. The smallest absolute Gasteiger partial charge is 0.309 e. The zero-order valence-electron chi connectivity index (χ0n) is 7.06. The maximum absolute atomic E-state index is 11.6. The van der Waals surface area contributed by atoms with E-state index < -0.39 is 11.4 Å². The van der Waals surface area contributed by atoms with Crippen molar-refractivity contribution in [3.63, 3.8) is 0 Å². The maximum atomic E-state index is 11.6. The average Bonchev–Trinajstić information content (AvgIpc) is 1.88. The number of aliphatic carboxylic acids is 1. The van der Waals surface area contributed by atoms with Crippen LogP contribution < -0.4 is 0 Å². The summed E-state index contributed by atoms with van der Waals surface area (Å²) >= 11 is 0. The molecule has 0 aromatic carbocycles. The van der Waals surface area contributed by atoms with Gasteiger partial charge in [0.25, 0.3) is 0 Å². The molecule has 1 N–H and O–H groups in total. The van der Waals surface area contributed by atoms with Crippen molar-refractivity contribution in [3.05, 3.63) is 0 Å². The predicted octanol–water partition coefficient (Wildman–Crippen LogP) is 2.24. The molecule has 0 rings (SSSR count). The Morgan fingerprint density at radius 1 is 1.45 bits per heavy atom. The van der Waals surface area contributed by atoms with Gasteiger partial charge in [-0.15, -0.1) is 0 Å². The van der Waals surface area contributed by atoms with Gasteiger partial charge in [0.05, 0.1) is 12.1 Å². The fourth-order valence-corrected chi connectivity index (χ4v) is 0.768. The Kier molecular flexibility index (Phi) is 4.08. The van der Waals surface area contributed by atoms with Gasteiger partial charge in [0.1, 0.15) is 0 Å². The van der Waals surface area contributed by atoms with Crippen LogP contribution in [0.1, 0.15) is 33.1 Å². The van der Waals surface area contributed by atoms with E-state index in [1.165, 1.54) is 0 Å². The van der Waals surface area contributed by atoms with Crippen molar-refractivity contribution < 1.29 is 14.3 Å². The standard InChI is InChI=1S/C8H15FO2/c1-8(2,7(10)11)5-3-4-6-9/h3-6H2,1-2H3,(H,10,11). The SMILES string of the molecule is CC(C)(CCCCF)C(=O)O. The zero-order chi connectivity index (χ0) is 8.91. The molecule has 0 amide bonds. The van der Waals surface area contributed by atoms with Crippen LogP contribution in [0.15, 0.2) is 0 Å². The van der Waals surface area contributed by atoms with Crippen molar-refractivity contribution in [1.29, 1.82) is 0 Å². The molecule has 0 saturated heterocycles. The Bertz CT molecular complexity index is 132. The summed E-state index contributed by atoms with van der Waals surface area (Å²) in [5.74, 6) is -0.809. The Morgan fingerprint density at radius 3 is 2.36 bits per heavy atom. The monoisotopic (exact) mass is 162 g/mol. The van der Waals surface area contributed by atoms with Crippen molar-refractivity contribution in [2.45, 2.75) is 33.1 Å². The van der Waals surface area contributed by atoms with E-state index >= 15 is 0 Å². The molecule has 0 spiro atoms. The summed E-state index contributed by atoms with van der Waals surface area (Å²) in [6.07, 6.45) is 1.67. The van der Waals surface area contributed by atoms with Crippen LogP contribution in [0.5, 0.6) is 0 Å². The van der Waals surface area contributed by atoms with Gasteiger partial charge in [-0.2, -0.15) is 0 Å². The van der Waals surface area contributed by atoms with Crippen LogP contribution in [0.3, 0.4) is 0 Å². The lowest BCUT2D eigenvalue weighted by atomic mass is 9.87. The van der Waals surface area contributed by atoms with Gasteiger partial charge in [-0.3, -0.25) is 9.18 Å². The second kappa shape index (κ2) is 4.31. The minimum Gasteiger partial charge on any atom is -0.481 e. The van der Waals surface area contributed by atoms with Gasteiger partial charge in [-0.05, 0) is 33.1 Å². The second-order valence-corrected chi connectivity index (χ2v) is 3.34. The summed E-state index contributed by atoms with van der Waals surface area (Å²) in [5.41, 5.74) is -0.699. The first-order valence-corrected chi connectivity index (χ1v) is 3.80. The summed E-state index contributed by atoms with van der Waals surface area (Å²) in [5, 5.41) is 8.65. The number of hydrogen-bond donors (Lipinski definition) is 1. The molecule has 0 fully saturated rings. The van der Waals surface area contributed by atoms with Gasteiger partial charge in [-0.1, -0.05) is 0 Å². The van der Waals surface area contributed by atoms with Gasteiger partial charge >= 0.3 is 5.97 Å². The Hall–Kier alpha value is -0.600. The van der Waals surface area contributed by atoms with Crippen LogP contribution in [0.25, 0.3) is 0 Å². The largest absolute Gasteiger partial charge is 0.481 e. The number of halogens is 1. The molecule has 0 unspecified atom stereocenters. The Morgan fingerprint density at radius 2 is 2.00 bits per heavy atom. The lowest BCUT2D eigenvalue weighted by Crippen LogP contribution is -2.23. The van der Waals surface area contributed by atoms with E-state index in [0.717, 1.165) is 0 Å². The molecule has 0 atom stereocenters. The second-order valence-electron chi connectivity index (χ2n) is 3.34. The van der Waals surface area contributed by atoms with E-state index in [2.05, 4.69) is 0 Å². The van der Waals surface area contributed by atoms with Crippen LogP contribution in [0.4, 0.5) is 4.39 Å². The molecule has 0 bridgehead atoms. The van der Waals surface area contributed by atoms with Crippen LogP contribution in [0, 0.1) is 5.41 Å². The first-order valence-electron chi connectivity index (χ1n) is 3.80. The van der Waals surface area contributed by atoms with E-state index in [0.29, 0.717) is 19.3 Å². The quantitative estimate of drug-likeness (QED) is 0.629. The molecule has 0 saturated carbocycles. The summed E-state index contributed by atoms with van der Waals surface area (Å²) in [6, 6.07) is 0. The first-order chi connectivity index (χ1) is 5.00. The van der Waals surface area contributed by atoms with Gasteiger partial charge in [0, 0.05) is 0 Å². The molecule has 0 aliphatic heterocycles. The van der Waals surface area contributed by atoms with Crippen LogP contribution in [-0.2, 0) is 4.79 Å². The zero-order valence-corrected chi connectivity index (χ0v) is 7.06. The molecule has 11 heavy (non-hydrogen) atoms. The highest BCUT2D eigenvalue weighted by molar-refractivity contribution is 5.73. The molecular weight excluding hydrogens is 147 g/mol. The highest BCUT2D eigenvalue weighted by atomic mass is 19.1. The first kappa shape index (κ1) is 10.4. The highest BCUT2D eigenvalue weighted by Gasteiger charge is 2.25. The molecule has 0 aliphatic rings. The molecule has 0 aromatic heterocycles. The number of alkyl halides is 1. The summed E-state index contributed by atoms with van der Waals surface area (Å²) in [6.45, 7) is 2.97. The Balaban J connectivity index is 3.64. The third-order valence-corrected chi connectivity index (χ3v) is 1.76. The number of carbonyl (C=O) groups is 1. The van der Waals surface area contributed by atoms with E-state index in [4.69, 9.17) is 5.11 Å². The number of hydrogen-bond acceptors (Lipinski definition) is 1. The average molecular weight is 162 g/mol. The van der Waals surface area contributed by atoms with Gasteiger partial charge < -0.3 is 5.11 Å². The van der Waals surface area contributed by atoms with Crippen LogP contribution in [0.2, 0.25) is 0 Å². The molecule has 0 heterocycles. The number of rotatable bonds is 5. The van der Waals surface area contributed by atoms with Crippen molar-refractivity contribution in [2.75, 3.05) is 6.67 Å². The normalized spacial score (nSPS) is 11.5. The lowest BCUT2D eigenvalue weighted by Gasteiger charge is -2.17. The van der Waals surface area contributed by atoms with Gasteiger partial charge in [0.15, 0.2) is 0 Å². The van der Waals surface area contributed by atoms with E-state index in [-0.39, 0.29) is 6.67 Å². The van der Waals surface area contributed by atoms with Crippen LogP contribution >= 0.6 is 0 Å². The predicted molar refractivity (Wildman–Crippen MR) is 41.2 cm³/mol. The van der Waals surface area contributed by atoms with Crippen molar-refractivity contribution in [1.82, 2.24) is 0 Å². The van der Waals surface area contributed by atoms with E-state index in [9.17, 15) is 9.18 Å². The van der Waals surface area contributed by atoms with Crippen molar-refractivity contribution >= 4 is 5.97 Å². The van der Waals surface area contributed by atoms with Gasteiger partial charge in [-0.25, -0.2) is 0 Å². The molecule has 3 heteroatoms. The fourth-order valence-electron chi connectivity index (χ4n) is 0.768. The Labute approximate surface area is 66.4 Å². The van der Waals surface area contributed by atoms with Crippen molar-refractivity contribution in [3.8, 4) is 0 Å². The third kappa shape index (κ3) is 3.96.